The Balaban J connectivity index is 1.61. The molecule has 0 unspecified atom stereocenters. The summed E-state index contributed by atoms with van der Waals surface area (Å²) in [5, 5.41) is 2.95. The predicted molar refractivity (Wildman–Crippen MR) is 111 cm³/mol. The summed E-state index contributed by atoms with van der Waals surface area (Å²) in [5.74, 6) is -1.97. The monoisotopic (exact) mass is 437 g/mol. The third-order valence-electron chi connectivity index (χ3n) is 5.21. The van der Waals surface area contributed by atoms with E-state index in [1.807, 2.05) is 36.9 Å². The molecular formula is C21H25F2N3O3S. The van der Waals surface area contributed by atoms with Crippen molar-refractivity contribution in [2.24, 2.45) is 0 Å². The number of hydrogen-bond donors (Lipinski definition) is 1. The van der Waals surface area contributed by atoms with Gasteiger partial charge in [-0.05, 0) is 42.7 Å². The highest BCUT2D eigenvalue weighted by atomic mass is 32.2. The number of para-hydroxylation sites is 1. The van der Waals surface area contributed by atoms with Crippen LogP contribution in [0.15, 0.2) is 41.3 Å². The van der Waals surface area contributed by atoms with Crippen molar-refractivity contribution in [1.82, 2.24) is 9.21 Å². The number of carbonyl (C=O) groups excluding carboxylic acids is 1. The average Bonchev–Trinajstić information content (AvgIpc) is 2.71. The summed E-state index contributed by atoms with van der Waals surface area (Å²) in [6, 6.07) is 8.23. The van der Waals surface area contributed by atoms with Crippen molar-refractivity contribution in [2.45, 2.75) is 25.2 Å². The number of sulfonamides is 1. The topological polar surface area (TPSA) is 69.7 Å². The molecular weight excluding hydrogens is 412 g/mol. The Morgan fingerprint density at radius 2 is 1.80 bits per heavy atom. The van der Waals surface area contributed by atoms with Crippen LogP contribution in [0, 0.1) is 18.6 Å². The minimum atomic E-state index is -4.14. The van der Waals surface area contributed by atoms with E-state index in [0.29, 0.717) is 19.2 Å². The number of benzene rings is 2. The number of carbonyl (C=O) groups is 1. The van der Waals surface area contributed by atoms with Crippen LogP contribution in [-0.4, -0.2) is 56.3 Å². The van der Waals surface area contributed by atoms with Crippen LogP contribution in [0.2, 0.25) is 0 Å². The number of amides is 1. The Bertz CT molecular complexity index is 1040. The van der Waals surface area contributed by atoms with Gasteiger partial charge in [0, 0.05) is 31.9 Å². The molecule has 0 spiro atoms. The molecule has 0 radical (unpaired) electrons. The van der Waals surface area contributed by atoms with Gasteiger partial charge in [-0.1, -0.05) is 25.1 Å². The zero-order chi connectivity index (χ0) is 21.9. The number of aryl methyl sites for hydroxylation is 2. The summed E-state index contributed by atoms with van der Waals surface area (Å²) in [4.78, 5) is 13.7. The van der Waals surface area contributed by atoms with Gasteiger partial charge in [-0.25, -0.2) is 17.2 Å². The third kappa shape index (κ3) is 4.85. The maximum absolute atomic E-state index is 13.9. The lowest BCUT2D eigenvalue weighted by molar-refractivity contribution is -0.117. The maximum Gasteiger partial charge on any atom is 0.246 e. The molecule has 6 nitrogen and oxygen atoms in total. The number of nitrogens with zero attached hydrogens (tertiary/aromatic N) is 2. The van der Waals surface area contributed by atoms with E-state index in [0.717, 1.165) is 39.7 Å². The Labute approximate surface area is 175 Å². The fourth-order valence-electron chi connectivity index (χ4n) is 3.53. The van der Waals surface area contributed by atoms with E-state index < -0.39 is 26.6 Å². The van der Waals surface area contributed by atoms with Gasteiger partial charge >= 0.3 is 0 Å². The number of halogens is 2. The first-order valence-corrected chi connectivity index (χ1v) is 11.2. The first-order chi connectivity index (χ1) is 14.2. The lowest BCUT2D eigenvalue weighted by Crippen LogP contribution is -2.50. The molecule has 0 aromatic heterocycles. The minimum Gasteiger partial charge on any atom is -0.324 e. The second-order valence-electron chi connectivity index (χ2n) is 7.27. The molecule has 1 aliphatic heterocycles. The zero-order valence-corrected chi connectivity index (χ0v) is 17.8. The molecule has 9 heteroatoms. The molecule has 162 valence electrons. The van der Waals surface area contributed by atoms with Crippen molar-refractivity contribution in [3.05, 3.63) is 59.2 Å². The molecule has 0 aliphatic carbocycles. The third-order valence-corrected chi connectivity index (χ3v) is 7.13. The molecule has 1 fully saturated rings. The molecule has 0 saturated carbocycles. The molecule has 1 heterocycles. The number of hydrogen-bond acceptors (Lipinski definition) is 4. The Morgan fingerprint density at radius 1 is 1.10 bits per heavy atom. The van der Waals surface area contributed by atoms with E-state index in [-0.39, 0.29) is 25.5 Å². The zero-order valence-electron chi connectivity index (χ0n) is 17.0. The predicted octanol–water partition coefficient (Wildman–Crippen LogP) is 2.78. The summed E-state index contributed by atoms with van der Waals surface area (Å²) in [6.45, 7) is 4.90. The molecule has 2 aromatic rings. The van der Waals surface area contributed by atoms with E-state index >= 15 is 0 Å². The first kappa shape index (κ1) is 22.3. The number of rotatable bonds is 6. The molecule has 1 aliphatic rings. The van der Waals surface area contributed by atoms with Crippen molar-refractivity contribution in [1.29, 1.82) is 0 Å². The lowest BCUT2D eigenvalue weighted by atomic mass is 10.1. The van der Waals surface area contributed by atoms with E-state index in [9.17, 15) is 22.0 Å². The largest absolute Gasteiger partial charge is 0.324 e. The van der Waals surface area contributed by atoms with E-state index in [1.165, 1.54) is 0 Å². The highest BCUT2D eigenvalue weighted by molar-refractivity contribution is 7.89. The van der Waals surface area contributed by atoms with Gasteiger partial charge in [-0.15, -0.1) is 0 Å². The van der Waals surface area contributed by atoms with E-state index in [2.05, 4.69) is 5.32 Å². The van der Waals surface area contributed by atoms with Gasteiger partial charge in [0.25, 0.3) is 0 Å². The number of nitrogens with one attached hydrogen (secondary N) is 1. The fourth-order valence-corrected chi connectivity index (χ4v) is 5.02. The van der Waals surface area contributed by atoms with Crippen LogP contribution in [0.25, 0.3) is 0 Å². The van der Waals surface area contributed by atoms with Crippen LogP contribution < -0.4 is 5.32 Å². The second kappa shape index (κ2) is 9.20. The molecule has 0 atom stereocenters. The van der Waals surface area contributed by atoms with Crippen molar-refractivity contribution < 1.29 is 22.0 Å². The highest BCUT2D eigenvalue weighted by Gasteiger charge is 2.31. The van der Waals surface area contributed by atoms with Crippen LogP contribution in [-0.2, 0) is 21.2 Å². The summed E-state index contributed by atoms with van der Waals surface area (Å²) < 4.78 is 53.8. The maximum atomic E-state index is 13.9. The van der Waals surface area contributed by atoms with Crippen LogP contribution in [0.5, 0.6) is 0 Å². The lowest BCUT2D eigenvalue weighted by Gasteiger charge is -2.33. The average molecular weight is 438 g/mol. The minimum absolute atomic E-state index is 0.0934. The van der Waals surface area contributed by atoms with Crippen molar-refractivity contribution in [2.75, 3.05) is 38.0 Å². The Hall–Kier alpha value is -2.36. The molecule has 30 heavy (non-hydrogen) atoms. The van der Waals surface area contributed by atoms with E-state index in [4.69, 9.17) is 0 Å². The van der Waals surface area contributed by atoms with Crippen LogP contribution in [0.1, 0.15) is 18.1 Å². The van der Waals surface area contributed by atoms with Gasteiger partial charge in [0.2, 0.25) is 15.9 Å². The van der Waals surface area contributed by atoms with Crippen molar-refractivity contribution in [3.8, 4) is 0 Å². The van der Waals surface area contributed by atoms with E-state index in [1.54, 1.807) is 0 Å². The first-order valence-electron chi connectivity index (χ1n) is 9.78. The van der Waals surface area contributed by atoms with Crippen molar-refractivity contribution >= 4 is 21.6 Å². The Morgan fingerprint density at radius 3 is 2.47 bits per heavy atom. The second-order valence-corrected chi connectivity index (χ2v) is 9.17. The Kier molecular flexibility index (Phi) is 6.84. The summed E-state index contributed by atoms with van der Waals surface area (Å²) in [5.41, 5.74) is 2.85. The number of anilines is 1. The molecule has 1 N–H and O–H groups in total. The van der Waals surface area contributed by atoms with Gasteiger partial charge in [-0.3, -0.25) is 9.69 Å². The SMILES string of the molecule is CCc1cccc(C)c1NC(=O)CN1CCN(S(=O)(=O)c2cc(F)ccc2F)CC1. The fraction of sp³-hybridized carbons (Fsp3) is 0.381. The number of piperazine rings is 1. The molecule has 0 bridgehead atoms. The van der Waals surface area contributed by atoms with Crippen LogP contribution in [0.4, 0.5) is 14.5 Å². The standard InChI is InChI=1S/C21H25F2N3O3S/c1-3-16-6-4-5-15(2)21(16)24-20(27)14-25-9-11-26(12-10-25)30(28,29)19-13-17(22)7-8-18(19)23/h4-8,13H,3,9-12,14H2,1-2H3,(H,24,27). The van der Waals surface area contributed by atoms with Gasteiger partial charge < -0.3 is 5.32 Å². The van der Waals surface area contributed by atoms with Crippen LogP contribution >= 0.6 is 0 Å². The van der Waals surface area contributed by atoms with Gasteiger partial charge in [0.05, 0.1) is 6.54 Å². The normalized spacial score (nSPS) is 15.9. The summed E-state index contributed by atoms with van der Waals surface area (Å²) in [6.07, 6.45) is 0.796. The van der Waals surface area contributed by atoms with Gasteiger partial charge in [0.15, 0.2) is 0 Å². The quantitative estimate of drug-likeness (QED) is 0.755. The van der Waals surface area contributed by atoms with Gasteiger partial charge in [0.1, 0.15) is 16.5 Å². The van der Waals surface area contributed by atoms with Crippen LogP contribution in [0.3, 0.4) is 0 Å². The molecule has 1 saturated heterocycles. The smallest absolute Gasteiger partial charge is 0.246 e. The molecule has 1 amide bonds. The highest BCUT2D eigenvalue weighted by Crippen LogP contribution is 2.23. The molecule has 2 aromatic carbocycles. The van der Waals surface area contributed by atoms with Crippen molar-refractivity contribution in [3.63, 3.8) is 0 Å². The summed E-state index contributed by atoms with van der Waals surface area (Å²) in [7, 11) is -4.14. The summed E-state index contributed by atoms with van der Waals surface area (Å²) >= 11 is 0. The van der Waals surface area contributed by atoms with Gasteiger partial charge in [-0.2, -0.15) is 4.31 Å². The molecule has 3 rings (SSSR count).